The predicted octanol–water partition coefficient (Wildman–Crippen LogP) is 3.83. The van der Waals surface area contributed by atoms with Crippen LogP contribution in [0.2, 0.25) is 5.02 Å². The van der Waals surface area contributed by atoms with Gasteiger partial charge in [0.15, 0.2) is 10.8 Å². The second-order valence-electron chi connectivity index (χ2n) is 5.34. The molecule has 0 aliphatic rings. The number of halogens is 2. The van der Waals surface area contributed by atoms with E-state index in [-0.39, 0.29) is 5.69 Å². The zero-order valence-electron chi connectivity index (χ0n) is 13.5. The van der Waals surface area contributed by atoms with Crippen LogP contribution in [-0.4, -0.2) is 30.9 Å². The summed E-state index contributed by atoms with van der Waals surface area (Å²) in [6.45, 7) is 0. The van der Waals surface area contributed by atoms with E-state index in [1.165, 1.54) is 40.4 Å². The Balaban J connectivity index is 1.58. The number of anilines is 1. The number of amides is 1. The molecule has 3 aromatic heterocycles. The fraction of sp³-hybridized carbons (Fsp3) is 0. The van der Waals surface area contributed by atoms with Crippen LogP contribution in [0, 0.1) is 5.82 Å². The van der Waals surface area contributed by atoms with Crippen LogP contribution in [-0.2, 0) is 0 Å². The molecule has 134 valence electrons. The summed E-state index contributed by atoms with van der Waals surface area (Å²) in [7, 11) is 0. The highest BCUT2D eigenvalue weighted by Crippen LogP contribution is 2.28. The van der Waals surface area contributed by atoms with E-state index in [0.717, 1.165) is 0 Å². The van der Waals surface area contributed by atoms with Gasteiger partial charge in [0.05, 0.1) is 16.9 Å². The van der Waals surface area contributed by atoms with Gasteiger partial charge in [-0.15, -0.1) is 16.4 Å². The van der Waals surface area contributed by atoms with Gasteiger partial charge >= 0.3 is 0 Å². The summed E-state index contributed by atoms with van der Waals surface area (Å²) in [4.78, 5) is 21.1. The lowest BCUT2D eigenvalue weighted by Gasteiger charge is -2.05. The van der Waals surface area contributed by atoms with Crippen molar-refractivity contribution in [1.82, 2.24) is 25.0 Å². The molecule has 0 saturated heterocycles. The standard InChI is InChI=1S/C17H10ClFN6OS/c18-12-5-2-6-20-15(12)13-9-27-17(22-13)23-16(26)14-8-21-24-25(14)11-4-1-3-10(19)7-11/h1-9H,(H,22,23,26). The summed E-state index contributed by atoms with van der Waals surface area (Å²) in [6, 6.07) is 9.15. The predicted molar refractivity (Wildman–Crippen MR) is 99.6 cm³/mol. The molecule has 4 aromatic rings. The molecule has 1 N–H and O–H groups in total. The second-order valence-corrected chi connectivity index (χ2v) is 6.60. The maximum absolute atomic E-state index is 13.4. The molecule has 0 aliphatic carbocycles. The molecule has 0 fully saturated rings. The van der Waals surface area contributed by atoms with Crippen LogP contribution in [0.3, 0.4) is 0 Å². The van der Waals surface area contributed by atoms with Gasteiger partial charge in [-0.3, -0.25) is 15.1 Å². The van der Waals surface area contributed by atoms with Gasteiger partial charge in [0.1, 0.15) is 17.2 Å². The van der Waals surface area contributed by atoms with Crippen LogP contribution < -0.4 is 5.32 Å². The molecular weight excluding hydrogens is 391 g/mol. The van der Waals surface area contributed by atoms with Crippen LogP contribution in [0.4, 0.5) is 9.52 Å². The van der Waals surface area contributed by atoms with E-state index in [0.29, 0.717) is 27.2 Å². The molecule has 0 atom stereocenters. The van der Waals surface area contributed by atoms with Crippen molar-refractivity contribution in [3.05, 3.63) is 70.7 Å². The van der Waals surface area contributed by atoms with Gasteiger partial charge in [-0.05, 0) is 30.3 Å². The Morgan fingerprint density at radius 2 is 2.15 bits per heavy atom. The number of aromatic nitrogens is 5. The van der Waals surface area contributed by atoms with Crippen LogP contribution in [0.5, 0.6) is 0 Å². The molecule has 7 nitrogen and oxygen atoms in total. The zero-order chi connectivity index (χ0) is 18.8. The van der Waals surface area contributed by atoms with Crippen LogP contribution in [0.1, 0.15) is 10.5 Å². The normalized spacial score (nSPS) is 10.7. The fourth-order valence-corrected chi connectivity index (χ4v) is 3.27. The molecule has 10 heteroatoms. The third-order valence-electron chi connectivity index (χ3n) is 3.56. The summed E-state index contributed by atoms with van der Waals surface area (Å²) >= 11 is 7.35. The van der Waals surface area contributed by atoms with Gasteiger partial charge in [-0.2, -0.15) is 0 Å². The molecule has 1 aromatic carbocycles. The van der Waals surface area contributed by atoms with Gasteiger partial charge < -0.3 is 0 Å². The number of hydrogen-bond acceptors (Lipinski definition) is 6. The van der Waals surface area contributed by atoms with Crippen molar-refractivity contribution in [3.8, 4) is 17.1 Å². The summed E-state index contributed by atoms with van der Waals surface area (Å²) < 4.78 is 14.7. The van der Waals surface area contributed by atoms with E-state index in [1.54, 1.807) is 29.8 Å². The molecule has 0 aliphatic heterocycles. The number of nitrogens with zero attached hydrogens (tertiary/aromatic N) is 5. The summed E-state index contributed by atoms with van der Waals surface area (Å²) in [5.41, 5.74) is 1.62. The highest BCUT2D eigenvalue weighted by atomic mass is 35.5. The number of carbonyl (C=O) groups excluding carboxylic acids is 1. The van der Waals surface area contributed by atoms with E-state index < -0.39 is 11.7 Å². The number of thiazole rings is 1. The molecule has 27 heavy (non-hydrogen) atoms. The van der Waals surface area contributed by atoms with Crippen molar-refractivity contribution >= 4 is 34.0 Å². The van der Waals surface area contributed by atoms with Gasteiger partial charge in [0.25, 0.3) is 5.91 Å². The van der Waals surface area contributed by atoms with Crippen molar-refractivity contribution in [1.29, 1.82) is 0 Å². The highest BCUT2D eigenvalue weighted by molar-refractivity contribution is 7.14. The number of hydrogen-bond donors (Lipinski definition) is 1. The number of carbonyl (C=O) groups is 1. The Morgan fingerprint density at radius 1 is 1.26 bits per heavy atom. The highest BCUT2D eigenvalue weighted by Gasteiger charge is 2.17. The SMILES string of the molecule is O=C(Nc1nc(-c2ncccc2Cl)cs1)c1cnnn1-c1cccc(F)c1. The smallest absolute Gasteiger partial charge is 0.277 e. The second kappa shape index (κ2) is 7.22. The molecule has 3 heterocycles. The molecule has 0 spiro atoms. The van der Waals surface area contributed by atoms with E-state index in [2.05, 4.69) is 25.6 Å². The average molecular weight is 401 g/mol. The van der Waals surface area contributed by atoms with E-state index >= 15 is 0 Å². The minimum Gasteiger partial charge on any atom is -0.296 e. The summed E-state index contributed by atoms with van der Waals surface area (Å²) in [5.74, 6) is -0.913. The Hall–Kier alpha value is -3.17. The Labute approximate surface area is 161 Å². The quantitative estimate of drug-likeness (QED) is 0.562. The fourth-order valence-electron chi connectivity index (χ4n) is 2.36. The molecule has 0 bridgehead atoms. The largest absolute Gasteiger partial charge is 0.296 e. The number of benzene rings is 1. The first-order valence-electron chi connectivity index (χ1n) is 7.66. The van der Waals surface area contributed by atoms with Gasteiger partial charge in [-0.25, -0.2) is 14.1 Å². The van der Waals surface area contributed by atoms with Gasteiger partial charge in [0, 0.05) is 11.6 Å². The van der Waals surface area contributed by atoms with Crippen LogP contribution in [0.25, 0.3) is 17.1 Å². The molecule has 0 saturated carbocycles. The molecule has 1 amide bonds. The van der Waals surface area contributed by atoms with Crippen LogP contribution >= 0.6 is 22.9 Å². The lowest BCUT2D eigenvalue weighted by molar-refractivity contribution is 0.101. The molecule has 0 unspecified atom stereocenters. The van der Waals surface area contributed by atoms with Crippen molar-refractivity contribution < 1.29 is 9.18 Å². The summed E-state index contributed by atoms with van der Waals surface area (Å²) in [5, 5.41) is 12.8. The Morgan fingerprint density at radius 3 is 2.96 bits per heavy atom. The Kier molecular flexibility index (Phi) is 4.61. The van der Waals surface area contributed by atoms with E-state index in [1.807, 2.05) is 0 Å². The van der Waals surface area contributed by atoms with Crippen molar-refractivity contribution in [2.24, 2.45) is 0 Å². The van der Waals surface area contributed by atoms with Crippen molar-refractivity contribution in [2.45, 2.75) is 0 Å². The molecule has 4 rings (SSSR count). The first-order chi connectivity index (χ1) is 13.1. The minimum atomic E-state index is -0.475. The molecule has 0 radical (unpaired) electrons. The molecular formula is C17H10ClFN6OS. The lowest BCUT2D eigenvalue weighted by atomic mass is 10.3. The van der Waals surface area contributed by atoms with Crippen molar-refractivity contribution in [3.63, 3.8) is 0 Å². The third kappa shape index (κ3) is 3.55. The van der Waals surface area contributed by atoms with E-state index in [4.69, 9.17) is 11.6 Å². The minimum absolute atomic E-state index is 0.146. The van der Waals surface area contributed by atoms with Gasteiger partial charge in [-0.1, -0.05) is 22.9 Å². The Bertz CT molecular complexity index is 1130. The third-order valence-corrected chi connectivity index (χ3v) is 4.62. The summed E-state index contributed by atoms with van der Waals surface area (Å²) in [6.07, 6.45) is 2.91. The van der Waals surface area contributed by atoms with Gasteiger partial charge in [0.2, 0.25) is 0 Å². The van der Waals surface area contributed by atoms with Crippen LogP contribution in [0.15, 0.2) is 54.2 Å². The average Bonchev–Trinajstić information content (AvgIpc) is 3.31. The zero-order valence-corrected chi connectivity index (χ0v) is 15.1. The van der Waals surface area contributed by atoms with Crippen molar-refractivity contribution in [2.75, 3.05) is 5.32 Å². The topological polar surface area (TPSA) is 85.6 Å². The monoisotopic (exact) mass is 400 g/mol. The number of rotatable bonds is 4. The maximum atomic E-state index is 13.4. The maximum Gasteiger partial charge on any atom is 0.277 e. The first-order valence-corrected chi connectivity index (χ1v) is 8.92. The lowest BCUT2D eigenvalue weighted by Crippen LogP contribution is -2.17. The number of nitrogens with one attached hydrogen (secondary N) is 1. The first kappa shape index (κ1) is 17.3. The number of pyridine rings is 1. The van der Waals surface area contributed by atoms with E-state index in [9.17, 15) is 9.18 Å².